The smallest absolute Gasteiger partial charge is 0.100 e. The van der Waals surface area contributed by atoms with Crippen LogP contribution in [0.15, 0.2) is 22.3 Å². The summed E-state index contributed by atoms with van der Waals surface area (Å²) in [6, 6.07) is 0.576. The van der Waals surface area contributed by atoms with Crippen LogP contribution in [0.2, 0.25) is 0 Å². The van der Waals surface area contributed by atoms with E-state index < -0.39 is 0 Å². The monoisotopic (exact) mass is 163 g/mol. The predicted octanol–water partition coefficient (Wildman–Crippen LogP) is 0.979. The summed E-state index contributed by atoms with van der Waals surface area (Å²) in [5.41, 5.74) is 0. The lowest BCUT2D eigenvalue weighted by Gasteiger charge is -2.13. The number of fused-ring (bicyclic) bond motifs is 1. The van der Waals surface area contributed by atoms with Gasteiger partial charge < -0.3 is 5.32 Å². The standard InChI is InChI=1S/C9H13N3/c1-6(2)9-11-7-3-4-10-5-8(7)12-9/h3-8H,1-2H3,(H,11,12). The Morgan fingerprint density at radius 1 is 1.50 bits per heavy atom. The van der Waals surface area contributed by atoms with Crippen molar-refractivity contribution in [3.05, 3.63) is 12.3 Å². The SMILES string of the molecule is CC(C)C1=NC2C=CN=CC2N1. The normalized spacial score (nSPS) is 31.8. The lowest BCUT2D eigenvalue weighted by atomic mass is 10.1. The lowest BCUT2D eigenvalue weighted by molar-refractivity contribution is 0.727. The van der Waals surface area contributed by atoms with Gasteiger partial charge in [-0.1, -0.05) is 13.8 Å². The van der Waals surface area contributed by atoms with Gasteiger partial charge in [0.25, 0.3) is 0 Å². The topological polar surface area (TPSA) is 36.8 Å². The van der Waals surface area contributed by atoms with Crippen molar-refractivity contribution in [2.45, 2.75) is 25.9 Å². The van der Waals surface area contributed by atoms with Gasteiger partial charge in [0.1, 0.15) is 5.84 Å². The Labute approximate surface area is 72.3 Å². The van der Waals surface area contributed by atoms with Crippen molar-refractivity contribution in [2.75, 3.05) is 0 Å². The number of rotatable bonds is 1. The summed E-state index contributed by atoms with van der Waals surface area (Å²) in [6.45, 7) is 4.29. The van der Waals surface area contributed by atoms with E-state index >= 15 is 0 Å². The fraction of sp³-hybridized carbons (Fsp3) is 0.556. The van der Waals surface area contributed by atoms with E-state index in [-0.39, 0.29) is 6.04 Å². The largest absolute Gasteiger partial charge is 0.363 e. The molecular weight excluding hydrogens is 150 g/mol. The highest BCUT2D eigenvalue weighted by Crippen LogP contribution is 2.14. The van der Waals surface area contributed by atoms with Crippen molar-refractivity contribution >= 4 is 12.1 Å². The molecular formula is C9H13N3. The zero-order valence-corrected chi connectivity index (χ0v) is 7.36. The number of aliphatic imine (C=N–C) groups is 2. The molecule has 2 aliphatic rings. The van der Waals surface area contributed by atoms with Crippen molar-refractivity contribution in [3.63, 3.8) is 0 Å². The Morgan fingerprint density at radius 2 is 2.33 bits per heavy atom. The summed E-state index contributed by atoms with van der Waals surface area (Å²) in [4.78, 5) is 8.61. The molecule has 0 fully saturated rings. The second kappa shape index (κ2) is 2.73. The molecule has 3 heteroatoms. The van der Waals surface area contributed by atoms with Gasteiger partial charge in [0, 0.05) is 18.3 Å². The van der Waals surface area contributed by atoms with Crippen LogP contribution in [0.5, 0.6) is 0 Å². The van der Waals surface area contributed by atoms with Crippen molar-refractivity contribution in [1.82, 2.24) is 5.32 Å². The number of nitrogens with zero attached hydrogens (tertiary/aromatic N) is 2. The quantitative estimate of drug-likeness (QED) is 0.614. The maximum absolute atomic E-state index is 4.54. The molecule has 0 aromatic heterocycles. The Balaban J connectivity index is 2.16. The van der Waals surface area contributed by atoms with Crippen LogP contribution in [-0.4, -0.2) is 24.1 Å². The lowest BCUT2D eigenvalue weighted by Crippen LogP contribution is -2.37. The molecule has 64 valence electrons. The van der Waals surface area contributed by atoms with Crippen LogP contribution in [0.3, 0.4) is 0 Å². The van der Waals surface area contributed by atoms with Gasteiger partial charge in [0.2, 0.25) is 0 Å². The van der Waals surface area contributed by atoms with Crippen LogP contribution in [0.4, 0.5) is 0 Å². The van der Waals surface area contributed by atoms with E-state index in [1.807, 2.05) is 18.5 Å². The molecule has 12 heavy (non-hydrogen) atoms. The average molecular weight is 163 g/mol. The van der Waals surface area contributed by atoms with Gasteiger partial charge in [0.15, 0.2) is 0 Å². The first-order valence-electron chi connectivity index (χ1n) is 4.31. The number of hydrogen-bond donors (Lipinski definition) is 1. The molecule has 0 bridgehead atoms. The van der Waals surface area contributed by atoms with E-state index in [4.69, 9.17) is 0 Å². The molecule has 2 aliphatic heterocycles. The Morgan fingerprint density at radius 3 is 3.00 bits per heavy atom. The van der Waals surface area contributed by atoms with E-state index in [9.17, 15) is 0 Å². The molecule has 3 nitrogen and oxygen atoms in total. The molecule has 0 aromatic carbocycles. The molecule has 0 amide bonds. The maximum atomic E-state index is 4.54. The van der Waals surface area contributed by atoms with Crippen LogP contribution >= 0.6 is 0 Å². The second-order valence-electron chi connectivity index (χ2n) is 3.47. The molecule has 1 N–H and O–H groups in total. The minimum atomic E-state index is 0.278. The number of nitrogens with one attached hydrogen (secondary N) is 1. The van der Waals surface area contributed by atoms with Crippen LogP contribution < -0.4 is 5.32 Å². The van der Waals surface area contributed by atoms with Crippen molar-refractivity contribution in [2.24, 2.45) is 15.9 Å². The number of amidine groups is 1. The molecule has 0 saturated carbocycles. The Bertz CT molecular complexity index is 263. The summed E-state index contributed by atoms with van der Waals surface area (Å²) < 4.78 is 0. The van der Waals surface area contributed by atoms with Crippen molar-refractivity contribution < 1.29 is 0 Å². The summed E-state index contributed by atoms with van der Waals surface area (Å²) in [5, 5.41) is 3.34. The molecule has 0 spiro atoms. The zero-order chi connectivity index (χ0) is 8.55. The molecule has 0 saturated heterocycles. The summed E-state index contributed by atoms with van der Waals surface area (Å²) in [6.07, 6.45) is 5.77. The fourth-order valence-corrected chi connectivity index (χ4v) is 1.42. The summed E-state index contributed by atoms with van der Waals surface area (Å²) >= 11 is 0. The molecule has 2 heterocycles. The first-order chi connectivity index (χ1) is 5.77. The number of hydrogen-bond acceptors (Lipinski definition) is 3. The second-order valence-corrected chi connectivity index (χ2v) is 3.47. The Hall–Kier alpha value is -1.12. The average Bonchev–Trinajstić information content (AvgIpc) is 2.46. The molecule has 0 aliphatic carbocycles. The third kappa shape index (κ3) is 1.15. The molecule has 0 radical (unpaired) electrons. The molecule has 0 aromatic rings. The fourth-order valence-electron chi connectivity index (χ4n) is 1.42. The maximum Gasteiger partial charge on any atom is 0.100 e. The van der Waals surface area contributed by atoms with Crippen molar-refractivity contribution in [3.8, 4) is 0 Å². The van der Waals surface area contributed by atoms with Crippen LogP contribution in [-0.2, 0) is 0 Å². The van der Waals surface area contributed by atoms with Gasteiger partial charge in [-0.2, -0.15) is 0 Å². The van der Waals surface area contributed by atoms with E-state index in [1.54, 1.807) is 0 Å². The zero-order valence-electron chi connectivity index (χ0n) is 7.36. The molecule has 2 unspecified atom stereocenters. The highest BCUT2D eigenvalue weighted by Gasteiger charge is 2.27. The van der Waals surface area contributed by atoms with Crippen LogP contribution in [0.25, 0.3) is 0 Å². The first-order valence-corrected chi connectivity index (χ1v) is 4.31. The third-order valence-electron chi connectivity index (χ3n) is 2.13. The summed E-state index contributed by atoms with van der Waals surface area (Å²) in [7, 11) is 0. The van der Waals surface area contributed by atoms with Gasteiger partial charge >= 0.3 is 0 Å². The van der Waals surface area contributed by atoms with Crippen LogP contribution in [0.1, 0.15) is 13.8 Å². The van der Waals surface area contributed by atoms with E-state index in [2.05, 4.69) is 29.1 Å². The van der Waals surface area contributed by atoms with Gasteiger partial charge in [-0.15, -0.1) is 0 Å². The van der Waals surface area contributed by atoms with Gasteiger partial charge in [-0.25, -0.2) is 0 Å². The van der Waals surface area contributed by atoms with Gasteiger partial charge in [0.05, 0.1) is 12.1 Å². The van der Waals surface area contributed by atoms with Gasteiger partial charge in [-0.05, 0) is 6.08 Å². The highest BCUT2D eigenvalue weighted by atomic mass is 15.1. The van der Waals surface area contributed by atoms with Crippen LogP contribution in [0, 0.1) is 5.92 Å². The minimum Gasteiger partial charge on any atom is -0.363 e. The van der Waals surface area contributed by atoms with E-state index in [0.717, 1.165) is 5.84 Å². The summed E-state index contributed by atoms with van der Waals surface area (Å²) in [5.74, 6) is 1.58. The van der Waals surface area contributed by atoms with Gasteiger partial charge in [-0.3, -0.25) is 9.98 Å². The predicted molar refractivity (Wildman–Crippen MR) is 50.6 cm³/mol. The Kier molecular flexibility index (Phi) is 1.71. The molecule has 2 rings (SSSR count). The first kappa shape index (κ1) is 7.53. The minimum absolute atomic E-state index is 0.278. The van der Waals surface area contributed by atoms with E-state index in [0.29, 0.717) is 12.0 Å². The highest BCUT2D eigenvalue weighted by molar-refractivity contribution is 5.91. The molecule has 2 atom stereocenters. The van der Waals surface area contributed by atoms with Crippen molar-refractivity contribution in [1.29, 1.82) is 0 Å². The third-order valence-corrected chi connectivity index (χ3v) is 2.13. The van der Waals surface area contributed by atoms with E-state index in [1.165, 1.54) is 0 Å².